The molecule has 1 unspecified atom stereocenters. The van der Waals surface area contributed by atoms with Crippen LogP contribution >= 0.6 is 0 Å². The van der Waals surface area contributed by atoms with Crippen molar-refractivity contribution in [2.45, 2.75) is 135 Å². The number of fused-ring (bicyclic) bond motifs is 8. The Bertz CT molecular complexity index is 2850. The Morgan fingerprint density at radius 1 is 0.803 bits per heavy atom. The summed E-state index contributed by atoms with van der Waals surface area (Å²) in [6, 6.07) is 24.4. The highest BCUT2D eigenvalue weighted by atomic mass is 16.4. The van der Waals surface area contributed by atoms with Crippen LogP contribution in [0.2, 0.25) is 0 Å². The number of aromatic amines is 1. The van der Waals surface area contributed by atoms with Gasteiger partial charge in [0.25, 0.3) is 5.91 Å². The van der Waals surface area contributed by atoms with E-state index < -0.39 is 6.04 Å². The summed E-state index contributed by atoms with van der Waals surface area (Å²) in [4.78, 5) is 62.7. The molecule has 2 atom stereocenters. The van der Waals surface area contributed by atoms with E-state index in [4.69, 9.17) is 4.98 Å². The maximum absolute atomic E-state index is 14.2. The molecule has 2 heterocycles. The van der Waals surface area contributed by atoms with Crippen LogP contribution in [0.15, 0.2) is 114 Å². The number of aromatic nitrogens is 2. The predicted octanol–water partition coefficient (Wildman–Crippen LogP) is 13.7. The first kappa shape index (κ1) is 61.8. The van der Waals surface area contributed by atoms with E-state index in [1.165, 1.54) is 63.9 Å². The first-order valence-electron chi connectivity index (χ1n) is 27.2. The van der Waals surface area contributed by atoms with Crippen LogP contribution in [0.25, 0.3) is 33.2 Å². The molecule has 1 aromatic heterocycles. The lowest BCUT2D eigenvalue weighted by Crippen LogP contribution is -2.46. The SMILES string of the molecule is C.CC.CC.CC(C)=O.CCCN(CC1Nc2ccc3cc4c(cc3c2N1)[C]1C(C)=C1Cc1cc(-c2cnc(CN(CCC)C(=O)[C@H](NC(=O)C3=CC=C3)c3ccccc3)[nH]2)ccc1-4)C(=O)C(C(C)C)C(C)C.COC. The number of nitrogens with zero attached hydrogens (tertiary/aromatic N) is 3. The Morgan fingerprint density at radius 2 is 1.43 bits per heavy atom. The minimum Gasteiger partial charge on any atom is -0.388 e. The minimum absolute atomic E-state index is 0. The van der Waals surface area contributed by atoms with Gasteiger partial charge in [-0.15, -0.1) is 0 Å². The van der Waals surface area contributed by atoms with Gasteiger partial charge in [-0.25, -0.2) is 4.98 Å². The molecule has 9 rings (SSSR count). The lowest BCUT2D eigenvalue weighted by atomic mass is 9.84. The largest absolute Gasteiger partial charge is 0.388 e. The first-order valence-corrected chi connectivity index (χ1v) is 27.2. The van der Waals surface area contributed by atoms with Gasteiger partial charge in [-0.05, 0) is 133 Å². The molecule has 0 saturated heterocycles. The second-order valence-corrected chi connectivity index (χ2v) is 19.9. The summed E-state index contributed by atoms with van der Waals surface area (Å²) in [5, 5.41) is 12.8. The second-order valence-electron chi connectivity index (χ2n) is 19.9. The number of hydrogen-bond donors (Lipinski definition) is 4. The molecule has 76 heavy (non-hydrogen) atoms. The third-order valence-electron chi connectivity index (χ3n) is 13.4. The average Bonchev–Trinajstić information content (AvgIpc) is 3.61. The zero-order valence-corrected chi connectivity index (χ0v) is 47.5. The predicted molar refractivity (Wildman–Crippen MR) is 316 cm³/mol. The van der Waals surface area contributed by atoms with Crippen LogP contribution in [-0.2, 0) is 36.9 Å². The maximum atomic E-state index is 14.2. The van der Waals surface area contributed by atoms with Crippen molar-refractivity contribution in [3.63, 3.8) is 0 Å². The molecule has 0 saturated carbocycles. The van der Waals surface area contributed by atoms with E-state index in [1.54, 1.807) is 31.3 Å². The van der Waals surface area contributed by atoms with Gasteiger partial charge in [0.15, 0.2) is 0 Å². The summed E-state index contributed by atoms with van der Waals surface area (Å²) in [6.45, 7) is 28.2. The van der Waals surface area contributed by atoms with Crippen molar-refractivity contribution in [1.29, 1.82) is 0 Å². The number of H-pyrrole nitrogens is 1. The van der Waals surface area contributed by atoms with Crippen molar-refractivity contribution in [3.05, 3.63) is 142 Å². The van der Waals surface area contributed by atoms with Crippen LogP contribution in [0.3, 0.4) is 0 Å². The number of rotatable bonds is 16. The summed E-state index contributed by atoms with van der Waals surface area (Å²) in [7, 11) is 3.25. The summed E-state index contributed by atoms with van der Waals surface area (Å²) < 4.78 is 4.25. The molecule has 4 aromatic carbocycles. The lowest BCUT2D eigenvalue weighted by molar-refractivity contribution is -0.139. The van der Waals surface area contributed by atoms with Gasteiger partial charge in [0.1, 0.15) is 23.8 Å². The molecular formula is C64H88N7O5. The lowest BCUT2D eigenvalue weighted by Gasteiger charge is -2.33. The van der Waals surface area contributed by atoms with Gasteiger partial charge in [0.05, 0.1) is 42.3 Å². The van der Waals surface area contributed by atoms with Gasteiger partial charge in [-0.3, -0.25) is 14.4 Å². The number of carbonyl (C=O) groups excluding carboxylic acids is 4. The van der Waals surface area contributed by atoms with E-state index in [9.17, 15) is 19.2 Å². The van der Waals surface area contributed by atoms with Gasteiger partial charge in [-0.1, -0.05) is 137 Å². The molecule has 4 aliphatic rings. The van der Waals surface area contributed by atoms with Crippen LogP contribution < -0.4 is 16.0 Å². The van der Waals surface area contributed by atoms with Gasteiger partial charge in [-0.2, -0.15) is 0 Å². The van der Waals surface area contributed by atoms with Crippen molar-refractivity contribution in [2.24, 2.45) is 17.8 Å². The normalized spacial score (nSPS) is 14.4. The molecule has 0 fully saturated rings. The van der Waals surface area contributed by atoms with Crippen LogP contribution in [0.5, 0.6) is 0 Å². The second kappa shape index (κ2) is 28.9. The smallest absolute Gasteiger partial charge is 0.252 e. The molecule has 1 aliphatic heterocycles. The number of ether oxygens (including phenoxy) is 1. The molecule has 409 valence electrons. The fourth-order valence-electron chi connectivity index (χ4n) is 10.2. The molecule has 12 heteroatoms. The Balaban J connectivity index is 0.000000963. The topological polar surface area (TPSA) is 149 Å². The highest BCUT2D eigenvalue weighted by Gasteiger charge is 2.40. The highest BCUT2D eigenvalue weighted by molar-refractivity contribution is 6.06. The average molecular weight is 1040 g/mol. The Morgan fingerprint density at radius 3 is 2.03 bits per heavy atom. The van der Waals surface area contributed by atoms with Gasteiger partial charge < -0.3 is 40.3 Å². The molecule has 0 spiro atoms. The van der Waals surface area contributed by atoms with E-state index in [0.29, 0.717) is 24.5 Å². The van der Waals surface area contributed by atoms with Crippen LogP contribution in [-0.4, -0.2) is 83.3 Å². The summed E-state index contributed by atoms with van der Waals surface area (Å²) in [5.74, 6) is 2.57. The number of hydrogen-bond acceptors (Lipinski definition) is 8. The number of anilines is 2. The number of nitrogens with one attached hydrogen (secondary N) is 4. The summed E-state index contributed by atoms with van der Waals surface area (Å²) in [6.07, 6.45) is 9.61. The quantitative estimate of drug-likeness (QED) is 0.0763. The standard InChI is InChI=1S/C54H60N7O3.C3H6O.C2H6O.2C2H6.CH4/c1-8-22-60(53(63)48(31(3)4)32(5)6)30-47-56-44-21-19-36-25-42-39-20-18-37(24-38(39)26-40-33(7)49(40)43(42)27-41(36)51(44)58-47)45-28-55-46(57-45)29-61(23-9-2)54(64)50(34-14-11-10-12-15-34)59-52(62)35-16-13-17-35;1-3(2)4;1-3-2;2*1-2;/h10-21,24-25,27-28,31-32,47-48,50,56,58H,8-9,22-23,26,29-30H2,1-7H3,(H,55,57)(H,59,62);1-2H3;1-2H3;2*1-2H3;1H4/t47?,50-;;;;;/m1...../s1. The maximum Gasteiger partial charge on any atom is 0.252 e. The number of benzene rings is 4. The van der Waals surface area contributed by atoms with E-state index in [-0.39, 0.29) is 61.4 Å². The summed E-state index contributed by atoms with van der Waals surface area (Å²) >= 11 is 0. The number of carbonyl (C=O) groups is 4. The molecule has 1 radical (unpaired) electrons. The number of allylic oxidation sites excluding steroid dienone is 4. The highest BCUT2D eigenvalue weighted by Crippen LogP contribution is 2.56. The molecule has 3 aliphatic carbocycles. The van der Waals surface area contributed by atoms with Crippen LogP contribution in [0.4, 0.5) is 11.4 Å². The van der Waals surface area contributed by atoms with Gasteiger partial charge in [0, 0.05) is 44.2 Å². The van der Waals surface area contributed by atoms with Gasteiger partial charge in [0.2, 0.25) is 11.8 Å². The van der Waals surface area contributed by atoms with E-state index in [0.717, 1.165) is 54.0 Å². The van der Waals surface area contributed by atoms with Crippen molar-refractivity contribution < 1.29 is 23.9 Å². The third kappa shape index (κ3) is 14.6. The Labute approximate surface area is 455 Å². The number of imidazole rings is 1. The molecule has 3 amide bonds. The molecular weight excluding hydrogens is 947 g/mol. The zero-order valence-electron chi connectivity index (χ0n) is 47.5. The van der Waals surface area contributed by atoms with Crippen LogP contribution in [0, 0.1) is 23.7 Å². The molecule has 5 aromatic rings. The Hall–Kier alpha value is -6.79. The number of Topliss-reactive ketones (excluding diaryl/α,β-unsaturated/α-hetero) is 1. The van der Waals surface area contributed by atoms with Crippen molar-refractivity contribution >= 4 is 45.7 Å². The number of methoxy groups -OCH3 is 1. The van der Waals surface area contributed by atoms with E-state index >= 15 is 0 Å². The monoisotopic (exact) mass is 1030 g/mol. The van der Waals surface area contributed by atoms with Crippen molar-refractivity contribution in [3.8, 4) is 22.4 Å². The first-order chi connectivity index (χ1) is 36.1. The van der Waals surface area contributed by atoms with Gasteiger partial charge >= 0.3 is 0 Å². The number of amides is 3. The van der Waals surface area contributed by atoms with Crippen molar-refractivity contribution in [2.75, 3.05) is 44.5 Å². The zero-order chi connectivity index (χ0) is 55.1. The fourth-order valence-corrected chi connectivity index (χ4v) is 10.2. The van der Waals surface area contributed by atoms with Crippen molar-refractivity contribution in [1.82, 2.24) is 25.1 Å². The molecule has 0 bridgehead atoms. The Kier molecular flexibility index (Phi) is 23.5. The van der Waals surface area contributed by atoms with E-state index in [2.05, 4.69) is 115 Å². The minimum atomic E-state index is -0.826. The molecule has 4 N–H and O–H groups in total. The van der Waals surface area contributed by atoms with E-state index in [1.807, 2.05) is 77.2 Å². The third-order valence-corrected chi connectivity index (χ3v) is 13.4. The summed E-state index contributed by atoms with van der Waals surface area (Å²) in [5.41, 5.74) is 13.1. The fraction of sp³-hybridized carbons (Fsp3) is 0.438. The number of ketones is 1. The van der Waals surface area contributed by atoms with Crippen LogP contribution in [0.1, 0.15) is 139 Å². The molecule has 12 nitrogen and oxygen atoms in total.